The molecule has 3 amide bonds. The summed E-state index contributed by atoms with van der Waals surface area (Å²) in [6.45, 7) is 0.209. The van der Waals surface area contributed by atoms with E-state index in [2.05, 4.69) is 21.2 Å². The summed E-state index contributed by atoms with van der Waals surface area (Å²) < 4.78 is 0.748. The minimum absolute atomic E-state index is 0.196. The fourth-order valence-electron chi connectivity index (χ4n) is 2.64. The number of fused-ring (bicyclic) bond motifs is 1. The maximum Gasteiger partial charge on any atom is 0.261 e. The molecule has 0 bridgehead atoms. The number of anilines is 1. The Bertz CT molecular complexity index is 834. The normalized spacial score (nSPS) is 13.1. The zero-order valence-corrected chi connectivity index (χ0v) is 15.4. The molecule has 7 heteroatoms. The van der Waals surface area contributed by atoms with Crippen LogP contribution in [-0.4, -0.2) is 29.2 Å². The van der Waals surface area contributed by atoms with Crippen molar-refractivity contribution in [2.45, 2.75) is 12.8 Å². The Morgan fingerprint density at radius 2 is 1.72 bits per heavy atom. The molecule has 0 fully saturated rings. The van der Waals surface area contributed by atoms with Crippen molar-refractivity contribution < 1.29 is 14.4 Å². The van der Waals surface area contributed by atoms with Crippen LogP contribution >= 0.6 is 27.5 Å². The molecular formula is C18H14BrClN2O3. The molecule has 1 heterocycles. The van der Waals surface area contributed by atoms with Crippen LogP contribution in [0.2, 0.25) is 5.02 Å². The smallest absolute Gasteiger partial charge is 0.261 e. The van der Waals surface area contributed by atoms with Crippen LogP contribution in [0.1, 0.15) is 33.6 Å². The second kappa shape index (κ2) is 7.37. The van der Waals surface area contributed by atoms with Crippen molar-refractivity contribution in [3.05, 3.63) is 63.1 Å². The lowest BCUT2D eigenvalue weighted by atomic mass is 10.1. The predicted octanol–water partition coefficient (Wildman–Crippen LogP) is 4.12. The van der Waals surface area contributed by atoms with Crippen molar-refractivity contribution in [3.63, 3.8) is 0 Å². The Kier molecular flexibility index (Phi) is 5.20. The van der Waals surface area contributed by atoms with Crippen molar-refractivity contribution in [2.75, 3.05) is 11.9 Å². The molecule has 1 N–H and O–H groups in total. The SMILES string of the molecule is O=C(CCCN1C(=O)c2ccccc2C1=O)Nc1ccc(Br)c(Cl)c1. The van der Waals surface area contributed by atoms with Crippen LogP contribution in [-0.2, 0) is 4.79 Å². The molecule has 0 aliphatic carbocycles. The standard InChI is InChI=1S/C18H14BrClN2O3/c19-14-8-7-11(10-15(14)20)21-16(23)6-3-9-22-17(24)12-4-1-2-5-13(12)18(22)25/h1-2,4-5,7-8,10H,3,6,9H2,(H,21,23). The highest BCUT2D eigenvalue weighted by atomic mass is 79.9. The number of nitrogens with zero attached hydrogens (tertiary/aromatic N) is 1. The van der Waals surface area contributed by atoms with Crippen LogP contribution in [0.4, 0.5) is 5.69 Å². The Hall–Kier alpha value is -2.18. The molecule has 0 unspecified atom stereocenters. The number of halogens is 2. The van der Waals surface area contributed by atoms with Gasteiger partial charge in [0.05, 0.1) is 16.1 Å². The molecule has 0 spiro atoms. The summed E-state index contributed by atoms with van der Waals surface area (Å²) in [5.74, 6) is -0.809. The number of imide groups is 1. The first-order valence-corrected chi connectivity index (χ1v) is 8.84. The molecule has 1 aliphatic heterocycles. The third-order valence-electron chi connectivity index (χ3n) is 3.87. The van der Waals surface area contributed by atoms with Gasteiger partial charge < -0.3 is 5.32 Å². The van der Waals surface area contributed by atoms with Gasteiger partial charge in [-0.25, -0.2) is 0 Å². The van der Waals surface area contributed by atoms with Gasteiger partial charge in [-0.15, -0.1) is 0 Å². The molecule has 5 nitrogen and oxygen atoms in total. The van der Waals surface area contributed by atoms with Crippen LogP contribution in [0.5, 0.6) is 0 Å². The summed E-state index contributed by atoms with van der Waals surface area (Å²) in [5, 5.41) is 3.25. The van der Waals surface area contributed by atoms with Gasteiger partial charge in [-0.05, 0) is 52.7 Å². The lowest BCUT2D eigenvalue weighted by molar-refractivity contribution is -0.116. The number of benzene rings is 2. The first-order valence-electron chi connectivity index (χ1n) is 7.67. The van der Waals surface area contributed by atoms with Gasteiger partial charge in [0.2, 0.25) is 5.91 Å². The Morgan fingerprint density at radius 1 is 1.08 bits per heavy atom. The number of hydrogen-bond donors (Lipinski definition) is 1. The van der Waals surface area contributed by atoms with Crippen LogP contribution in [0.25, 0.3) is 0 Å². The number of carbonyl (C=O) groups excluding carboxylic acids is 3. The monoisotopic (exact) mass is 420 g/mol. The van der Waals surface area contributed by atoms with Gasteiger partial charge in [0, 0.05) is 23.1 Å². The van der Waals surface area contributed by atoms with Crippen molar-refractivity contribution in [1.29, 1.82) is 0 Å². The average Bonchev–Trinajstić information content (AvgIpc) is 2.83. The fourth-order valence-corrected chi connectivity index (χ4v) is 3.06. The number of nitrogens with one attached hydrogen (secondary N) is 1. The summed E-state index contributed by atoms with van der Waals surface area (Å²) in [6.07, 6.45) is 0.586. The Labute approximate surface area is 158 Å². The Balaban J connectivity index is 1.53. The van der Waals surface area contributed by atoms with E-state index in [9.17, 15) is 14.4 Å². The van der Waals surface area contributed by atoms with Gasteiger partial charge in [-0.2, -0.15) is 0 Å². The number of rotatable bonds is 5. The van der Waals surface area contributed by atoms with Crippen LogP contribution in [0.3, 0.4) is 0 Å². The van der Waals surface area contributed by atoms with Crippen LogP contribution in [0.15, 0.2) is 46.9 Å². The highest BCUT2D eigenvalue weighted by molar-refractivity contribution is 9.10. The van der Waals surface area contributed by atoms with Crippen LogP contribution < -0.4 is 5.32 Å². The third-order valence-corrected chi connectivity index (χ3v) is 5.10. The molecule has 0 saturated heterocycles. The third kappa shape index (κ3) is 3.75. The van der Waals surface area contributed by atoms with Gasteiger partial charge in [0.15, 0.2) is 0 Å². The molecule has 0 atom stereocenters. The zero-order chi connectivity index (χ0) is 18.0. The minimum Gasteiger partial charge on any atom is -0.326 e. The first kappa shape index (κ1) is 17.6. The van der Waals surface area contributed by atoms with Gasteiger partial charge >= 0.3 is 0 Å². The van der Waals surface area contributed by atoms with Crippen LogP contribution in [0, 0.1) is 0 Å². The van der Waals surface area contributed by atoms with Crippen molar-refractivity contribution in [2.24, 2.45) is 0 Å². The van der Waals surface area contributed by atoms with E-state index in [-0.39, 0.29) is 30.7 Å². The minimum atomic E-state index is -0.305. The largest absolute Gasteiger partial charge is 0.326 e. The van der Waals surface area contributed by atoms with E-state index in [1.165, 1.54) is 4.90 Å². The van der Waals surface area contributed by atoms with Gasteiger partial charge in [-0.3, -0.25) is 19.3 Å². The molecule has 2 aromatic carbocycles. The van der Waals surface area contributed by atoms with E-state index >= 15 is 0 Å². The summed E-state index contributed by atoms with van der Waals surface area (Å²) in [5.41, 5.74) is 1.43. The molecule has 0 aromatic heterocycles. The average molecular weight is 422 g/mol. The summed E-state index contributed by atoms with van der Waals surface area (Å²) in [7, 11) is 0. The zero-order valence-electron chi connectivity index (χ0n) is 13.1. The second-order valence-electron chi connectivity index (χ2n) is 5.59. The highest BCUT2D eigenvalue weighted by Gasteiger charge is 2.34. The van der Waals surface area contributed by atoms with Gasteiger partial charge in [0.1, 0.15) is 0 Å². The molecule has 2 aromatic rings. The Morgan fingerprint density at radius 3 is 2.32 bits per heavy atom. The van der Waals surface area contributed by atoms with Gasteiger partial charge in [-0.1, -0.05) is 23.7 Å². The van der Waals surface area contributed by atoms with E-state index < -0.39 is 0 Å². The molecule has 128 valence electrons. The lowest BCUT2D eigenvalue weighted by Crippen LogP contribution is -2.31. The number of carbonyl (C=O) groups is 3. The highest BCUT2D eigenvalue weighted by Crippen LogP contribution is 2.26. The molecular weight excluding hydrogens is 408 g/mol. The van der Waals surface area contributed by atoms with Crippen molar-refractivity contribution in [1.82, 2.24) is 4.90 Å². The van der Waals surface area contributed by atoms with Crippen molar-refractivity contribution in [3.8, 4) is 0 Å². The lowest BCUT2D eigenvalue weighted by Gasteiger charge is -2.13. The topological polar surface area (TPSA) is 66.5 Å². The van der Waals surface area contributed by atoms with Gasteiger partial charge in [0.25, 0.3) is 11.8 Å². The van der Waals surface area contributed by atoms with E-state index in [0.717, 1.165) is 4.47 Å². The predicted molar refractivity (Wildman–Crippen MR) is 98.8 cm³/mol. The maximum absolute atomic E-state index is 12.2. The quantitative estimate of drug-likeness (QED) is 0.739. The van der Waals surface area contributed by atoms with E-state index in [1.807, 2.05) is 0 Å². The summed E-state index contributed by atoms with van der Waals surface area (Å²) in [6, 6.07) is 11.9. The first-order chi connectivity index (χ1) is 12.0. The molecule has 1 aliphatic rings. The second-order valence-corrected chi connectivity index (χ2v) is 6.85. The molecule has 0 saturated carbocycles. The van der Waals surface area contributed by atoms with E-state index in [1.54, 1.807) is 42.5 Å². The van der Waals surface area contributed by atoms with E-state index in [4.69, 9.17) is 11.6 Å². The maximum atomic E-state index is 12.2. The molecule has 25 heavy (non-hydrogen) atoms. The fraction of sp³-hybridized carbons (Fsp3) is 0.167. The summed E-state index contributed by atoms with van der Waals surface area (Å²) >= 11 is 9.27. The molecule has 0 radical (unpaired) electrons. The summed E-state index contributed by atoms with van der Waals surface area (Å²) in [4.78, 5) is 37.7. The number of amides is 3. The van der Waals surface area contributed by atoms with E-state index in [0.29, 0.717) is 28.3 Å². The number of hydrogen-bond acceptors (Lipinski definition) is 3. The molecule has 3 rings (SSSR count). The van der Waals surface area contributed by atoms with Crippen molar-refractivity contribution >= 4 is 50.9 Å².